The van der Waals surface area contributed by atoms with Crippen molar-refractivity contribution in [2.45, 2.75) is 45.6 Å². The molecule has 1 aromatic rings. The van der Waals surface area contributed by atoms with E-state index in [9.17, 15) is 4.79 Å². The van der Waals surface area contributed by atoms with Crippen LogP contribution in [0, 0.1) is 11.3 Å². The largest absolute Gasteiger partial charge is 0.348 e. The van der Waals surface area contributed by atoms with Crippen molar-refractivity contribution in [2.24, 2.45) is 0 Å². The Kier molecular flexibility index (Phi) is 5.78. The van der Waals surface area contributed by atoms with Crippen LogP contribution in [0.15, 0.2) is 12.1 Å². The number of hydrogen-bond acceptors (Lipinski definition) is 3. The van der Waals surface area contributed by atoms with E-state index in [0.29, 0.717) is 17.1 Å². The number of aromatic nitrogens is 1. The van der Waals surface area contributed by atoms with E-state index in [2.05, 4.69) is 16.4 Å². The summed E-state index contributed by atoms with van der Waals surface area (Å²) >= 11 is 5.93. The lowest BCUT2D eigenvalue weighted by atomic mass is 10.1. The Bertz CT molecular complexity index is 494. The summed E-state index contributed by atoms with van der Waals surface area (Å²) in [6, 6.07) is 5.22. The molecule has 0 aliphatic carbocycles. The van der Waals surface area contributed by atoms with Gasteiger partial charge in [0.25, 0.3) is 5.91 Å². The van der Waals surface area contributed by atoms with Gasteiger partial charge in [0.15, 0.2) is 0 Å². The van der Waals surface area contributed by atoms with E-state index in [1.165, 1.54) is 0 Å². The first kappa shape index (κ1) is 15.5. The Morgan fingerprint density at radius 2 is 2.21 bits per heavy atom. The topological polar surface area (TPSA) is 65.8 Å². The second-order valence-electron chi connectivity index (χ2n) is 4.70. The Morgan fingerprint density at radius 1 is 1.53 bits per heavy atom. The van der Waals surface area contributed by atoms with Crippen molar-refractivity contribution in [3.8, 4) is 6.07 Å². The highest BCUT2D eigenvalue weighted by Crippen LogP contribution is 2.18. The molecule has 0 fully saturated rings. The van der Waals surface area contributed by atoms with Crippen LogP contribution in [-0.2, 0) is 0 Å². The number of halogens is 1. The summed E-state index contributed by atoms with van der Waals surface area (Å²) < 4.78 is 0. The van der Waals surface area contributed by atoms with Crippen molar-refractivity contribution in [1.82, 2.24) is 10.3 Å². The van der Waals surface area contributed by atoms with E-state index >= 15 is 0 Å². The SMILES string of the molecule is CCC(CC#N)NC(=O)c1cc(Cl)nc(C(C)C)c1. The highest BCUT2D eigenvalue weighted by atomic mass is 35.5. The molecule has 1 atom stereocenters. The third kappa shape index (κ3) is 4.53. The molecular weight excluding hydrogens is 262 g/mol. The quantitative estimate of drug-likeness (QED) is 0.841. The number of amides is 1. The zero-order valence-corrected chi connectivity index (χ0v) is 12.2. The minimum absolute atomic E-state index is 0.132. The maximum atomic E-state index is 12.1. The van der Waals surface area contributed by atoms with Crippen LogP contribution in [0.25, 0.3) is 0 Å². The lowest BCUT2D eigenvalue weighted by Gasteiger charge is -2.14. The van der Waals surface area contributed by atoms with Gasteiger partial charge in [0.2, 0.25) is 0 Å². The number of carbonyl (C=O) groups is 1. The fraction of sp³-hybridized carbons (Fsp3) is 0.500. The number of nitrogens with zero attached hydrogens (tertiary/aromatic N) is 2. The highest BCUT2D eigenvalue weighted by molar-refractivity contribution is 6.29. The average Bonchev–Trinajstić information content (AvgIpc) is 2.37. The number of nitrogens with one attached hydrogen (secondary N) is 1. The van der Waals surface area contributed by atoms with Gasteiger partial charge < -0.3 is 5.32 Å². The third-order valence-corrected chi connectivity index (χ3v) is 3.03. The van der Waals surface area contributed by atoms with E-state index in [-0.39, 0.29) is 17.9 Å². The minimum Gasteiger partial charge on any atom is -0.348 e. The fourth-order valence-corrected chi connectivity index (χ4v) is 1.84. The van der Waals surface area contributed by atoms with Crippen LogP contribution in [0.1, 0.15) is 55.6 Å². The molecule has 102 valence electrons. The van der Waals surface area contributed by atoms with Crippen molar-refractivity contribution in [3.05, 3.63) is 28.5 Å². The van der Waals surface area contributed by atoms with E-state index in [4.69, 9.17) is 16.9 Å². The smallest absolute Gasteiger partial charge is 0.251 e. The summed E-state index contributed by atoms with van der Waals surface area (Å²) in [5.74, 6) is -0.0142. The molecule has 0 aliphatic heterocycles. The molecule has 0 radical (unpaired) electrons. The normalized spacial score (nSPS) is 12.0. The maximum absolute atomic E-state index is 12.1. The van der Waals surface area contributed by atoms with Gasteiger partial charge >= 0.3 is 0 Å². The summed E-state index contributed by atoms with van der Waals surface area (Å²) in [7, 11) is 0. The van der Waals surface area contributed by atoms with Gasteiger partial charge in [0.05, 0.1) is 12.5 Å². The van der Waals surface area contributed by atoms with Gasteiger partial charge in [-0.25, -0.2) is 4.98 Å². The molecule has 4 nitrogen and oxygen atoms in total. The van der Waals surface area contributed by atoms with Gasteiger partial charge in [-0.15, -0.1) is 0 Å². The van der Waals surface area contributed by atoms with Crippen molar-refractivity contribution in [1.29, 1.82) is 5.26 Å². The molecule has 5 heteroatoms. The molecule has 19 heavy (non-hydrogen) atoms. The van der Waals surface area contributed by atoms with E-state index in [1.807, 2.05) is 20.8 Å². The monoisotopic (exact) mass is 279 g/mol. The fourth-order valence-electron chi connectivity index (χ4n) is 1.62. The number of nitriles is 1. The molecule has 0 spiro atoms. The number of hydrogen-bond donors (Lipinski definition) is 1. The van der Waals surface area contributed by atoms with Crippen molar-refractivity contribution in [2.75, 3.05) is 0 Å². The van der Waals surface area contributed by atoms with Crippen LogP contribution < -0.4 is 5.32 Å². The van der Waals surface area contributed by atoms with Crippen molar-refractivity contribution < 1.29 is 4.79 Å². The van der Waals surface area contributed by atoms with Gasteiger partial charge in [0.1, 0.15) is 5.15 Å². The number of pyridine rings is 1. The first-order valence-electron chi connectivity index (χ1n) is 6.33. The Balaban J connectivity index is 2.90. The van der Waals surface area contributed by atoms with E-state index in [1.54, 1.807) is 12.1 Å². The predicted octanol–water partition coefficient (Wildman–Crippen LogP) is 3.28. The third-order valence-electron chi connectivity index (χ3n) is 2.83. The van der Waals surface area contributed by atoms with Gasteiger partial charge in [0, 0.05) is 17.3 Å². The first-order chi connectivity index (χ1) is 8.97. The lowest BCUT2D eigenvalue weighted by Crippen LogP contribution is -2.34. The average molecular weight is 280 g/mol. The molecule has 1 heterocycles. The minimum atomic E-state index is -0.215. The molecule has 0 saturated heterocycles. The van der Waals surface area contributed by atoms with Crippen LogP contribution in [0.2, 0.25) is 5.15 Å². The van der Waals surface area contributed by atoms with Crippen LogP contribution in [0.5, 0.6) is 0 Å². The van der Waals surface area contributed by atoms with Gasteiger partial charge in [-0.1, -0.05) is 32.4 Å². The van der Waals surface area contributed by atoms with Crippen LogP contribution in [0.3, 0.4) is 0 Å². The van der Waals surface area contributed by atoms with Crippen LogP contribution in [-0.4, -0.2) is 16.9 Å². The molecule has 0 saturated carbocycles. The standard InChI is InChI=1S/C14H18ClN3O/c1-4-11(5-6-16)17-14(19)10-7-12(9(2)3)18-13(15)8-10/h7-9,11H,4-5H2,1-3H3,(H,17,19). The van der Waals surface area contributed by atoms with Crippen LogP contribution >= 0.6 is 11.6 Å². The van der Waals surface area contributed by atoms with E-state index in [0.717, 1.165) is 12.1 Å². The molecule has 1 aromatic heterocycles. The molecule has 1 unspecified atom stereocenters. The second kappa shape index (κ2) is 7.10. The number of carbonyl (C=O) groups excluding carboxylic acids is 1. The molecule has 0 aromatic carbocycles. The summed E-state index contributed by atoms with van der Waals surface area (Å²) in [4.78, 5) is 16.3. The van der Waals surface area contributed by atoms with E-state index < -0.39 is 0 Å². The summed E-state index contributed by atoms with van der Waals surface area (Å²) in [5, 5.41) is 11.8. The zero-order chi connectivity index (χ0) is 14.4. The lowest BCUT2D eigenvalue weighted by molar-refractivity contribution is 0.0936. The summed E-state index contributed by atoms with van der Waals surface area (Å²) in [6.07, 6.45) is 1.02. The zero-order valence-electron chi connectivity index (χ0n) is 11.4. The van der Waals surface area contributed by atoms with Crippen molar-refractivity contribution >= 4 is 17.5 Å². The second-order valence-corrected chi connectivity index (χ2v) is 5.09. The Morgan fingerprint density at radius 3 is 2.74 bits per heavy atom. The Hall–Kier alpha value is -1.60. The molecule has 1 rings (SSSR count). The molecule has 1 amide bonds. The van der Waals surface area contributed by atoms with Crippen LogP contribution in [0.4, 0.5) is 0 Å². The predicted molar refractivity (Wildman–Crippen MR) is 75.1 cm³/mol. The Labute approximate surface area is 118 Å². The molecule has 0 aliphatic rings. The highest BCUT2D eigenvalue weighted by Gasteiger charge is 2.14. The first-order valence-corrected chi connectivity index (χ1v) is 6.71. The molecule has 1 N–H and O–H groups in total. The molecular formula is C14H18ClN3O. The maximum Gasteiger partial charge on any atom is 0.251 e. The summed E-state index contributed by atoms with van der Waals surface area (Å²) in [6.45, 7) is 5.91. The molecule has 0 bridgehead atoms. The number of rotatable bonds is 5. The van der Waals surface area contributed by atoms with Crippen molar-refractivity contribution in [3.63, 3.8) is 0 Å². The van der Waals surface area contributed by atoms with Gasteiger partial charge in [-0.05, 0) is 24.5 Å². The van der Waals surface area contributed by atoms with Gasteiger partial charge in [-0.2, -0.15) is 5.26 Å². The van der Waals surface area contributed by atoms with Gasteiger partial charge in [-0.3, -0.25) is 4.79 Å². The summed E-state index contributed by atoms with van der Waals surface area (Å²) in [5.41, 5.74) is 1.27.